The summed E-state index contributed by atoms with van der Waals surface area (Å²) in [7, 11) is 1.53. The molecule has 0 saturated carbocycles. The van der Waals surface area contributed by atoms with Gasteiger partial charge in [-0.15, -0.1) is 0 Å². The Morgan fingerprint density at radius 1 is 0.929 bits per heavy atom. The molecule has 2 aromatic rings. The molecule has 1 aliphatic heterocycles. The summed E-state index contributed by atoms with van der Waals surface area (Å²) in [5, 5.41) is -0.289. The monoisotopic (exact) mass is 399 g/mol. The molecule has 0 aliphatic carbocycles. The number of hydrogen-bond acceptors (Lipinski definition) is 6. The van der Waals surface area contributed by atoms with Crippen molar-refractivity contribution < 1.29 is 23.8 Å². The fraction of sp³-hybridized carbons (Fsp3) is 0.238. The Morgan fingerprint density at radius 3 is 2.43 bits per heavy atom. The van der Waals surface area contributed by atoms with Gasteiger partial charge in [-0.3, -0.25) is 14.5 Å². The Balaban J connectivity index is 1.63. The van der Waals surface area contributed by atoms with Gasteiger partial charge < -0.3 is 14.2 Å². The van der Waals surface area contributed by atoms with Gasteiger partial charge in [0.1, 0.15) is 24.7 Å². The fourth-order valence-corrected chi connectivity index (χ4v) is 3.43. The SMILES string of the molecule is COCCN1C(=O)S/C(=C/c2ccccc2OCCOc2ccccc2)C1=O. The van der Waals surface area contributed by atoms with E-state index in [1.165, 1.54) is 12.0 Å². The first-order chi connectivity index (χ1) is 13.7. The zero-order valence-electron chi connectivity index (χ0n) is 15.5. The normalized spacial score (nSPS) is 15.3. The molecule has 146 valence electrons. The maximum absolute atomic E-state index is 12.5. The summed E-state index contributed by atoms with van der Waals surface area (Å²) in [6.45, 7) is 1.31. The first kappa shape index (κ1) is 20.0. The third-order valence-corrected chi connectivity index (χ3v) is 4.86. The largest absolute Gasteiger partial charge is 0.490 e. The minimum atomic E-state index is -0.311. The number of benzene rings is 2. The second-order valence-electron chi connectivity index (χ2n) is 5.87. The van der Waals surface area contributed by atoms with Crippen molar-refractivity contribution in [3.8, 4) is 11.5 Å². The molecule has 1 saturated heterocycles. The van der Waals surface area contributed by atoms with Crippen LogP contribution < -0.4 is 9.47 Å². The van der Waals surface area contributed by atoms with Crippen LogP contribution in [-0.4, -0.2) is 49.5 Å². The number of carbonyl (C=O) groups is 2. The van der Waals surface area contributed by atoms with Crippen molar-refractivity contribution in [1.82, 2.24) is 4.90 Å². The molecule has 0 radical (unpaired) electrons. The lowest BCUT2D eigenvalue weighted by atomic mass is 10.2. The number of thioether (sulfide) groups is 1. The molecule has 0 atom stereocenters. The van der Waals surface area contributed by atoms with E-state index in [1.54, 1.807) is 6.08 Å². The van der Waals surface area contributed by atoms with Gasteiger partial charge in [-0.05, 0) is 36.0 Å². The Morgan fingerprint density at radius 2 is 1.64 bits per heavy atom. The Kier molecular flexibility index (Phi) is 7.11. The van der Waals surface area contributed by atoms with Gasteiger partial charge in [0.15, 0.2) is 0 Å². The second kappa shape index (κ2) is 9.96. The van der Waals surface area contributed by atoms with Gasteiger partial charge in [-0.25, -0.2) is 0 Å². The highest BCUT2D eigenvalue weighted by molar-refractivity contribution is 8.18. The molecule has 3 rings (SSSR count). The highest BCUT2D eigenvalue weighted by Gasteiger charge is 2.34. The Labute approximate surface area is 168 Å². The van der Waals surface area contributed by atoms with Crippen molar-refractivity contribution in [3.05, 3.63) is 65.1 Å². The predicted molar refractivity (Wildman–Crippen MR) is 108 cm³/mol. The lowest BCUT2D eigenvalue weighted by Crippen LogP contribution is -2.31. The van der Waals surface area contributed by atoms with Crippen LogP contribution in [0.15, 0.2) is 59.5 Å². The summed E-state index contributed by atoms with van der Waals surface area (Å²) in [5.41, 5.74) is 0.736. The van der Waals surface area contributed by atoms with Gasteiger partial charge >= 0.3 is 0 Å². The van der Waals surface area contributed by atoms with Crippen molar-refractivity contribution >= 4 is 29.0 Å². The molecule has 6 nitrogen and oxygen atoms in total. The predicted octanol–water partition coefficient (Wildman–Crippen LogP) is 3.83. The van der Waals surface area contributed by atoms with E-state index in [-0.39, 0.29) is 17.7 Å². The van der Waals surface area contributed by atoms with Crippen LogP contribution in [0.1, 0.15) is 5.56 Å². The summed E-state index contributed by atoms with van der Waals surface area (Å²) >= 11 is 0.924. The zero-order valence-corrected chi connectivity index (χ0v) is 16.3. The lowest BCUT2D eigenvalue weighted by Gasteiger charge is -2.11. The minimum Gasteiger partial charge on any atom is -0.490 e. The van der Waals surface area contributed by atoms with Crippen LogP contribution >= 0.6 is 11.8 Å². The summed E-state index contributed by atoms with van der Waals surface area (Å²) in [6.07, 6.45) is 1.69. The average Bonchev–Trinajstić information content (AvgIpc) is 2.98. The van der Waals surface area contributed by atoms with Gasteiger partial charge in [0, 0.05) is 12.7 Å². The highest BCUT2D eigenvalue weighted by atomic mass is 32.2. The number of imide groups is 1. The van der Waals surface area contributed by atoms with Crippen molar-refractivity contribution in [2.24, 2.45) is 0 Å². The third-order valence-electron chi connectivity index (χ3n) is 3.95. The number of amides is 2. The molecule has 0 N–H and O–H groups in total. The van der Waals surface area contributed by atoms with Gasteiger partial charge in [-0.2, -0.15) is 0 Å². The molecule has 1 fully saturated rings. The average molecular weight is 399 g/mol. The van der Waals surface area contributed by atoms with E-state index in [0.29, 0.717) is 30.5 Å². The lowest BCUT2D eigenvalue weighted by molar-refractivity contribution is -0.123. The molecular weight excluding hydrogens is 378 g/mol. The summed E-state index contributed by atoms with van der Waals surface area (Å²) < 4.78 is 16.4. The quantitative estimate of drug-likeness (QED) is 0.472. The molecule has 28 heavy (non-hydrogen) atoms. The van der Waals surface area contributed by atoms with Crippen molar-refractivity contribution in [2.75, 3.05) is 33.5 Å². The fourth-order valence-electron chi connectivity index (χ4n) is 2.58. The molecule has 7 heteroatoms. The van der Waals surface area contributed by atoms with E-state index in [4.69, 9.17) is 14.2 Å². The van der Waals surface area contributed by atoms with Gasteiger partial charge in [0.2, 0.25) is 0 Å². The number of hydrogen-bond donors (Lipinski definition) is 0. The van der Waals surface area contributed by atoms with E-state index in [1.807, 2.05) is 54.6 Å². The Hall–Kier alpha value is -2.77. The first-order valence-electron chi connectivity index (χ1n) is 8.83. The van der Waals surface area contributed by atoms with Gasteiger partial charge in [-0.1, -0.05) is 36.4 Å². The molecule has 1 heterocycles. The summed E-state index contributed by atoms with van der Waals surface area (Å²) in [5.74, 6) is 1.10. The van der Waals surface area contributed by atoms with Crippen LogP contribution in [-0.2, 0) is 9.53 Å². The second-order valence-corrected chi connectivity index (χ2v) is 6.87. The van der Waals surface area contributed by atoms with Gasteiger partial charge in [0.05, 0.1) is 18.1 Å². The molecule has 2 amide bonds. The molecule has 1 aliphatic rings. The molecule has 0 bridgehead atoms. The van der Waals surface area contributed by atoms with Crippen LogP contribution in [0.5, 0.6) is 11.5 Å². The minimum absolute atomic E-state index is 0.244. The number of carbonyl (C=O) groups excluding carboxylic acids is 2. The number of methoxy groups -OCH3 is 1. The number of para-hydroxylation sites is 2. The smallest absolute Gasteiger partial charge is 0.293 e. The molecule has 2 aromatic carbocycles. The van der Waals surface area contributed by atoms with Crippen LogP contribution in [0.4, 0.5) is 4.79 Å². The molecule has 0 aromatic heterocycles. The number of nitrogens with zero attached hydrogens (tertiary/aromatic N) is 1. The zero-order chi connectivity index (χ0) is 19.8. The third kappa shape index (κ3) is 5.15. The first-order valence-corrected chi connectivity index (χ1v) is 9.64. The van der Waals surface area contributed by atoms with Crippen molar-refractivity contribution in [1.29, 1.82) is 0 Å². The van der Waals surface area contributed by atoms with Crippen LogP contribution in [0, 0.1) is 0 Å². The topological polar surface area (TPSA) is 65.1 Å². The molecular formula is C21H21NO5S. The summed E-state index contributed by atoms with van der Waals surface area (Å²) in [6, 6.07) is 16.9. The van der Waals surface area contributed by atoms with Crippen LogP contribution in [0.3, 0.4) is 0 Å². The highest BCUT2D eigenvalue weighted by Crippen LogP contribution is 2.33. The number of rotatable bonds is 9. The molecule has 0 unspecified atom stereocenters. The maximum Gasteiger partial charge on any atom is 0.293 e. The van der Waals surface area contributed by atoms with E-state index < -0.39 is 0 Å². The van der Waals surface area contributed by atoms with E-state index in [2.05, 4.69) is 0 Å². The van der Waals surface area contributed by atoms with E-state index >= 15 is 0 Å². The standard InChI is InChI=1S/C21H21NO5S/c1-25-12-11-22-20(23)19(28-21(22)24)15-16-7-5-6-10-18(16)27-14-13-26-17-8-3-2-4-9-17/h2-10,15H,11-14H2,1H3/b19-15+. The number of ether oxygens (including phenoxy) is 3. The van der Waals surface area contributed by atoms with E-state index in [9.17, 15) is 9.59 Å². The van der Waals surface area contributed by atoms with Crippen LogP contribution in [0.25, 0.3) is 6.08 Å². The van der Waals surface area contributed by atoms with Crippen LogP contribution in [0.2, 0.25) is 0 Å². The maximum atomic E-state index is 12.5. The van der Waals surface area contributed by atoms with Crippen molar-refractivity contribution in [2.45, 2.75) is 0 Å². The van der Waals surface area contributed by atoms with E-state index in [0.717, 1.165) is 23.1 Å². The van der Waals surface area contributed by atoms with Crippen molar-refractivity contribution in [3.63, 3.8) is 0 Å². The Bertz CT molecular complexity index is 853. The molecule has 0 spiro atoms. The summed E-state index contributed by atoms with van der Waals surface area (Å²) in [4.78, 5) is 26.1. The van der Waals surface area contributed by atoms with Gasteiger partial charge in [0.25, 0.3) is 11.1 Å².